The summed E-state index contributed by atoms with van der Waals surface area (Å²) in [5.41, 5.74) is 2.09. The molecule has 5 heteroatoms. The Labute approximate surface area is 154 Å². The van der Waals surface area contributed by atoms with E-state index in [4.69, 9.17) is 14.2 Å². The van der Waals surface area contributed by atoms with Crippen LogP contribution < -0.4 is 19.5 Å². The van der Waals surface area contributed by atoms with Gasteiger partial charge < -0.3 is 19.5 Å². The monoisotopic (exact) mass is 355 g/mol. The fourth-order valence-corrected chi connectivity index (χ4v) is 2.83. The van der Waals surface area contributed by atoms with Crippen LogP contribution in [-0.2, 0) is 11.3 Å². The molecule has 0 radical (unpaired) electrons. The molecular formula is C21H25NO4. The number of nitrogens with one attached hydrogen (secondary N) is 1. The number of benzene rings is 2. The molecule has 1 heterocycles. The summed E-state index contributed by atoms with van der Waals surface area (Å²) in [6.07, 6.45) is 1.02. The van der Waals surface area contributed by atoms with Crippen LogP contribution in [0.15, 0.2) is 42.5 Å². The van der Waals surface area contributed by atoms with Gasteiger partial charge in [-0.1, -0.05) is 38.1 Å². The summed E-state index contributed by atoms with van der Waals surface area (Å²) in [6, 6.07) is 13.6. The Morgan fingerprint density at radius 2 is 1.92 bits per heavy atom. The number of hydrogen-bond donors (Lipinski definition) is 1. The first kappa shape index (κ1) is 18.1. The van der Waals surface area contributed by atoms with Crippen LogP contribution in [0.3, 0.4) is 0 Å². The van der Waals surface area contributed by atoms with E-state index in [-0.39, 0.29) is 12.5 Å². The van der Waals surface area contributed by atoms with Gasteiger partial charge in [-0.25, -0.2) is 0 Å². The van der Waals surface area contributed by atoms with Gasteiger partial charge in [0.05, 0.1) is 0 Å². The predicted octanol–water partition coefficient (Wildman–Crippen LogP) is 3.67. The van der Waals surface area contributed by atoms with Crippen molar-refractivity contribution in [2.24, 2.45) is 0 Å². The number of para-hydroxylation sites is 1. The largest absolute Gasteiger partial charge is 0.486 e. The van der Waals surface area contributed by atoms with Crippen LogP contribution >= 0.6 is 0 Å². The van der Waals surface area contributed by atoms with Gasteiger partial charge in [0.1, 0.15) is 19.0 Å². The Hall–Kier alpha value is -2.69. The number of fused-ring (bicyclic) bond motifs is 1. The van der Waals surface area contributed by atoms with E-state index < -0.39 is 0 Å². The molecule has 0 saturated carbocycles. The molecular weight excluding hydrogens is 330 g/mol. The van der Waals surface area contributed by atoms with Crippen molar-refractivity contribution in [2.75, 3.05) is 19.8 Å². The molecule has 0 fully saturated rings. The molecule has 5 nitrogen and oxygen atoms in total. The van der Waals surface area contributed by atoms with Gasteiger partial charge in [-0.15, -0.1) is 0 Å². The van der Waals surface area contributed by atoms with E-state index in [9.17, 15) is 4.79 Å². The summed E-state index contributed by atoms with van der Waals surface area (Å²) in [6.45, 7) is 5.83. The van der Waals surface area contributed by atoms with Crippen LogP contribution in [0.2, 0.25) is 0 Å². The van der Waals surface area contributed by atoms with Gasteiger partial charge in [0.25, 0.3) is 5.91 Å². The molecule has 0 aromatic heterocycles. The van der Waals surface area contributed by atoms with Crippen molar-refractivity contribution in [2.45, 2.75) is 32.7 Å². The van der Waals surface area contributed by atoms with Gasteiger partial charge >= 0.3 is 0 Å². The number of ether oxygens (including phenoxy) is 3. The summed E-state index contributed by atoms with van der Waals surface area (Å²) < 4.78 is 16.8. The molecule has 0 spiro atoms. The molecule has 1 atom stereocenters. The Morgan fingerprint density at radius 3 is 2.73 bits per heavy atom. The Morgan fingerprint density at radius 1 is 1.15 bits per heavy atom. The fraction of sp³-hybridized carbons (Fsp3) is 0.381. The molecule has 3 rings (SSSR count). The minimum absolute atomic E-state index is 0.00198. The molecule has 1 aliphatic rings. The quantitative estimate of drug-likeness (QED) is 0.823. The Kier molecular flexibility index (Phi) is 6.00. The van der Waals surface area contributed by atoms with Crippen molar-refractivity contribution in [3.05, 3.63) is 53.6 Å². The van der Waals surface area contributed by atoms with E-state index in [0.717, 1.165) is 34.8 Å². The Balaban J connectivity index is 1.52. The topological polar surface area (TPSA) is 56.8 Å². The first-order valence-electron chi connectivity index (χ1n) is 9.04. The highest BCUT2D eigenvalue weighted by molar-refractivity contribution is 5.77. The van der Waals surface area contributed by atoms with E-state index in [2.05, 4.69) is 25.2 Å². The highest BCUT2D eigenvalue weighted by Gasteiger charge is 2.13. The van der Waals surface area contributed by atoms with Gasteiger partial charge in [-0.2, -0.15) is 0 Å². The van der Waals surface area contributed by atoms with Crippen molar-refractivity contribution in [1.82, 2.24) is 5.32 Å². The molecule has 26 heavy (non-hydrogen) atoms. The lowest BCUT2D eigenvalue weighted by molar-refractivity contribution is -0.123. The molecule has 0 aliphatic carbocycles. The first-order valence-corrected chi connectivity index (χ1v) is 9.04. The van der Waals surface area contributed by atoms with Gasteiger partial charge in [0.15, 0.2) is 18.1 Å². The number of carbonyl (C=O) groups is 1. The van der Waals surface area contributed by atoms with Crippen LogP contribution in [0.4, 0.5) is 0 Å². The number of carbonyl (C=O) groups excluding carboxylic acids is 1. The summed E-state index contributed by atoms with van der Waals surface area (Å²) in [5, 5.41) is 2.88. The highest BCUT2D eigenvalue weighted by Crippen LogP contribution is 2.31. The number of amides is 1. The molecule has 1 N–H and O–H groups in total. The molecule has 1 amide bonds. The van der Waals surface area contributed by atoms with Crippen LogP contribution in [-0.4, -0.2) is 25.7 Å². The van der Waals surface area contributed by atoms with Gasteiger partial charge in [0.2, 0.25) is 0 Å². The van der Waals surface area contributed by atoms with E-state index in [1.54, 1.807) is 0 Å². The second-order valence-corrected chi connectivity index (χ2v) is 6.39. The SMILES string of the molecule is CCC(C)c1ccccc1OCC(=O)NCc1ccc2c(c1)OCCO2. The fourth-order valence-electron chi connectivity index (χ4n) is 2.83. The maximum Gasteiger partial charge on any atom is 0.258 e. The maximum atomic E-state index is 12.1. The van der Waals surface area contributed by atoms with Crippen LogP contribution in [0.1, 0.15) is 37.3 Å². The minimum atomic E-state index is -0.154. The molecule has 138 valence electrons. The molecule has 2 aromatic rings. The summed E-state index contributed by atoms with van der Waals surface area (Å²) in [7, 11) is 0. The highest BCUT2D eigenvalue weighted by atomic mass is 16.6. The maximum absolute atomic E-state index is 12.1. The minimum Gasteiger partial charge on any atom is -0.486 e. The summed E-state index contributed by atoms with van der Waals surface area (Å²) in [5.74, 6) is 2.49. The van der Waals surface area contributed by atoms with Crippen molar-refractivity contribution in [3.63, 3.8) is 0 Å². The zero-order valence-electron chi connectivity index (χ0n) is 15.3. The number of hydrogen-bond acceptors (Lipinski definition) is 4. The van der Waals surface area contributed by atoms with Crippen LogP contribution in [0.5, 0.6) is 17.2 Å². The third-order valence-electron chi connectivity index (χ3n) is 4.52. The van der Waals surface area contributed by atoms with E-state index in [1.165, 1.54) is 0 Å². The third kappa shape index (κ3) is 4.48. The molecule has 2 aromatic carbocycles. The van der Waals surface area contributed by atoms with Gasteiger partial charge in [-0.3, -0.25) is 4.79 Å². The lowest BCUT2D eigenvalue weighted by Crippen LogP contribution is -2.28. The molecule has 1 unspecified atom stereocenters. The average Bonchev–Trinajstić information content (AvgIpc) is 2.70. The van der Waals surface area contributed by atoms with Crippen LogP contribution in [0.25, 0.3) is 0 Å². The standard InChI is InChI=1S/C21H25NO4/c1-3-15(2)17-6-4-5-7-18(17)26-14-21(23)22-13-16-8-9-19-20(12-16)25-11-10-24-19/h4-9,12,15H,3,10-11,13-14H2,1-2H3,(H,22,23). The van der Waals surface area contributed by atoms with Crippen LogP contribution in [0, 0.1) is 0 Å². The molecule has 0 saturated heterocycles. The van der Waals surface area contributed by atoms with E-state index >= 15 is 0 Å². The molecule has 1 aliphatic heterocycles. The van der Waals surface area contributed by atoms with E-state index in [0.29, 0.717) is 25.7 Å². The zero-order valence-corrected chi connectivity index (χ0v) is 15.3. The second kappa shape index (κ2) is 8.61. The van der Waals surface area contributed by atoms with Gasteiger partial charge in [0, 0.05) is 6.54 Å². The van der Waals surface area contributed by atoms with Crippen molar-refractivity contribution >= 4 is 5.91 Å². The summed E-state index contributed by atoms with van der Waals surface area (Å²) in [4.78, 5) is 12.1. The average molecular weight is 355 g/mol. The van der Waals surface area contributed by atoms with Crippen molar-refractivity contribution < 1.29 is 19.0 Å². The van der Waals surface area contributed by atoms with E-state index in [1.807, 2.05) is 36.4 Å². The third-order valence-corrected chi connectivity index (χ3v) is 4.52. The second-order valence-electron chi connectivity index (χ2n) is 6.39. The first-order chi connectivity index (χ1) is 12.7. The molecule has 0 bridgehead atoms. The zero-order chi connectivity index (χ0) is 18.4. The van der Waals surface area contributed by atoms with Crippen molar-refractivity contribution in [3.8, 4) is 17.2 Å². The summed E-state index contributed by atoms with van der Waals surface area (Å²) >= 11 is 0. The Bertz CT molecular complexity index is 759. The lowest BCUT2D eigenvalue weighted by Gasteiger charge is -2.19. The smallest absolute Gasteiger partial charge is 0.258 e. The predicted molar refractivity (Wildman–Crippen MR) is 99.9 cm³/mol. The number of rotatable bonds is 7. The lowest BCUT2D eigenvalue weighted by atomic mass is 9.98. The normalized spacial score (nSPS) is 13.8. The van der Waals surface area contributed by atoms with Crippen molar-refractivity contribution in [1.29, 1.82) is 0 Å². The van der Waals surface area contributed by atoms with Gasteiger partial charge in [-0.05, 0) is 41.7 Å².